The summed E-state index contributed by atoms with van der Waals surface area (Å²) in [5.41, 5.74) is 7.17. The lowest BCUT2D eigenvalue weighted by Crippen LogP contribution is -2.44. The summed E-state index contributed by atoms with van der Waals surface area (Å²) in [5, 5.41) is 0. The molecular weight excluding hydrogens is 346 g/mol. The van der Waals surface area contributed by atoms with Crippen LogP contribution in [0.25, 0.3) is 0 Å². The van der Waals surface area contributed by atoms with Gasteiger partial charge in [0.1, 0.15) is 0 Å². The maximum absolute atomic E-state index is 12.7. The highest BCUT2D eigenvalue weighted by atomic mass is 16.5. The number of piperidine rings is 1. The number of hydrogen-bond acceptors (Lipinski definition) is 5. The molecule has 1 aromatic rings. The van der Waals surface area contributed by atoms with Crippen LogP contribution in [0.15, 0.2) is 18.2 Å². The van der Waals surface area contributed by atoms with Gasteiger partial charge in [0.05, 0.1) is 14.2 Å². The van der Waals surface area contributed by atoms with E-state index in [2.05, 4.69) is 0 Å². The van der Waals surface area contributed by atoms with E-state index < -0.39 is 6.04 Å². The number of carbonyl (C=O) groups excluding carboxylic acids is 2. The van der Waals surface area contributed by atoms with Crippen LogP contribution in [0.3, 0.4) is 0 Å². The highest BCUT2D eigenvalue weighted by Gasteiger charge is 2.44. The lowest BCUT2D eigenvalue weighted by Gasteiger charge is -2.39. The Kier molecular flexibility index (Phi) is 5.60. The number of nitrogens with two attached hydrogens (primary N) is 1. The van der Waals surface area contributed by atoms with Crippen molar-refractivity contribution in [1.29, 1.82) is 0 Å². The summed E-state index contributed by atoms with van der Waals surface area (Å²) < 4.78 is 10.6. The molecule has 0 bridgehead atoms. The van der Waals surface area contributed by atoms with E-state index >= 15 is 0 Å². The van der Waals surface area contributed by atoms with Crippen LogP contribution in [0, 0.1) is 5.41 Å². The van der Waals surface area contributed by atoms with Gasteiger partial charge in [0.2, 0.25) is 11.8 Å². The third-order valence-corrected chi connectivity index (χ3v) is 5.93. The Labute approximate surface area is 160 Å². The molecule has 1 spiro atoms. The van der Waals surface area contributed by atoms with Gasteiger partial charge >= 0.3 is 0 Å². The number of rotatable bonds is 5. The lowest BCUT2D eigenvalue weighted by atomic mass is 9.77. The molecule has 148 valence electrons. The summed E-state index contributed by atoms with van der Waals surface area (Å²) in [6.07, 6.45) is 2.61. The molecule has 0 radical (unpaired) electrons. The normalized spacial score (nSPS) is 20.1. The molecule has 2 aliphatic rings. The van der Waals surface area contributed by atoms with Crippen LogP contribution in [0.2, 0.25) is 0 Å². The zero-order valence-corrected chi connectivity index (χ0v) is 16.4. The summed E-state index contributed by atoms with van der Waals surface area (Å²) in [7, 11) is 5.02. The van der Waals surface area contributed by atoms with Crippen molar-refractivity contribution >= 4 is 11.8 Å². The summed E-state index contributed by atoms with van der Waals surface area (Å²) in [4.78, 5) is 28.3. The SMILES string of the molecule is COc1ccc([C@@H](N)CC(=O)N2CCC3(CC2)CC(=O)N(C)C3)cc1OC. The predicted octanol–water partition coefficient (Wildman–Crippen LogP) is 1.56. The van der Waals surface area contributed by atoms with Gasteiger partial charge in [-0.2, -0.15) is 0 Å². The predicted molar refractivity (Wildman–Crippen MR) is 102 cm³/mol. The van der Waals surface area contributed by atoms with Gasteiger partial charge < -0.3 is 25.0 Å². The number of likely N-dealkylation sites (tertiary alicyclic amines) is 2. The van der Waals surface area contributed by atoms with Crippen molar-refractivity contribution in [2.75, 3.05) is 40.9 Å². The Morgan fingerprint density at radius 2 is 1.89 bits per heavy atom. The van der Waals surface area contributed by atoms with Crippen LogP contribution in [0.4, 0.5) is 0 Å². The first-order chi connectivity index (χ1) is 12.9. The van der Waals surface area contributed by atoms with Gasteiger partial charge in [-0.15, -0.1) is 0 Å². The van der Waals surface area contributed by atoms with Gasteiger partial charge in [-0.1, -0.05) is 6.07 Å². The van der Waals surface area contributed by atoms with Crippen molar-refractivity contribution in [2.45, 2.75) is 31.7 Å². The Hall–Kier alpha value is -2.28. The number of hydrogen-bond donors (Lipinski definition) is 1. The molecule has 2 saturated heterocycles. The molecule has 2 fully saturated rings. The molecule has 0 aliphatic carbocycles. The molecule has 2 aliphatic heterocycles. The maximum atomic E-state index is 12.7. The third-order valence-electron chi connectivity index (χ3n) is 5.93. The zero-order chi connectivity index (χ0) is 19.6. The molecule has 0 unspecified atom stereocenters. The van der Waals surface area contributed by atoms with Gasteiger partial charge in [0.15, 0.2) is 11.5 Å². The first-order valence-corrected chi connectivity index (χ1v) is 9.37. The van der Waals surface area contributed by atoms with E-state index in [1.54, 1.807) is 20.3 Å². The second kappa shape index (κ2) is 7.76. The summed E-state index contributed by atoms with van der Waals surface area (Å²) in [6, 6.07) is 5.09. The van der Waals surface area contributed by atoms with Gasteiger partial charge in [-0.05, 0) is 30.5 Å². The first kappa shape index (κ1) is 19.5. The van der Waals surface area contributed by atoms with Crippen molar-refractivity contribution in [3.8, 4) is 11.5 Å². The van der Waals surface area contributed by atoms with Crippen LogP contribution in [-0.2, 0) is 9.59 Å². The van der Waals surface area contributed by atoms with E-state index in [4.69, 9.17) is 15.2 Å². The number of amides is 2. The minimum absolute atomic E-state index is 0.0497. The van der Waals surface area contributed by atoms with Crippen molar-refractivity contribution in [1.82, 2.24) is 9.80 Å². The maximum Gasteiger partial charge on any atom is 0.224 e. The van der Waals surface area contributed by atoms with Crippen molar-refractivity contribution in [3.63, 3.8) is 0 Å². The molecule has 2 amide bonds. The average molecular weight is 375 g/mol. The molecule has 1 aromatic carbocycles. The highest BCUT2D eigenvalue weighted by Crippen LogP contribution is 2.40. The van der Waals surface area contributed by atoms with Crippen LogP contribution >= 0.6 is 0 Å². The minimum atomic E-state index is -0.396. The largest absolute Gasteiger partial charge is 0.493 e. The zero-order valence-electron chi connectivity index (χ0n) is 16.4. The molecule has 3 rings (SSSR count). The van der Waals surface area contributed by atoms with Crippen molar-refractivity contribution in [2.24, 2.45) is 11.1 Å². The molecule has 7 nitrogen and oxygen atoms in total. The van der Waals surface area contributed by atoms with E-state index in [1.807, 2.05) is 29.0 Å². The fraction of sp³-hybridized carbons (Fsp3) is 0.600. The minimum Gasteiger partial charge on any atom is -0.493 e. The number of carbonyl (C=O) groups is 2. The second-order valence-corrected chi connectivity index (χ2v) is 7.73. The quantitative estimate of drug-likeness (QED) is 0.844. The van der Waals surface area contributed by atoms with Crippen LogP contribution in [0.5, 0.6) is 11.5 Å². The Morgan fingerprint density at radius 1 is 1.22 bits per heavy atom. The molecule has 1 atom stereocenters. The van der Waals surface area contributed by atoms with Crippen molar-refractivity contribution < 1.29 is 19.1 Å². The molecular formula is C20H29N3O4. The highest BCUT2D eigenvalue weighted by molar-refractivity contribution is 5.80. The van der Waals surface area contributed by atoms with Gasteiger partial charge in [-0.3, -0.25) is 9.59 Å². The fourth-order valence-electron chi connectivity index (χ4n) is 4.19. The third kappa shape index (κ3) is 4.03. The van der Waals surface area contributed by atoms with Gasteiger partial charge in [0, 0.05) is 51.0 Å². The molecule has 7 heteroatoms. The molecule has 2 heterocycles. The fourth-order valence-corrected chi connectivity index (χ4v) is 4.19. The van der Waals surface area contributed by atoms with Crippen LogP contribution in [0.1, 0.15) is 37.3 Å². The first-order valence-electron chi connectivity index (χ1n) is 9.37. The summed E-state index contributed by atoms with van der Waals surface area (Å²) in [5.74, 6) is 1.51. The monoisotopic (exact) mass is 375 g/mol. The van der Waals surface area contributed by atoms with Crippen LogP contribution in [-0.4, -0.2) is 62.5 Å². The Morgan fingerprint density at radius 3 is 2.44 bits per heavy atom. The summed E-state index contributed by atoms with van der Waals surface area (Å²) in [6.45, 7) is 2.19. The average Bonchev–Trinajstić information content (AvgIpc) is 2.94. The molecule has 2 N–H and O–H groups in total. The molecule has 27 heavy (non-hydrogen) atoms. The lowest BCUT2D eigenvalue weighted by molar-refractivity contribution is -0.133. The smallest absolute Gasteiger partial charge is 0.224 e. The molecule has 0 saturated carbocycles. The Balaban J connectivity index is 1.57. The Bertz CT molecular complexity index is 713. The van der Waals surface area contributed by atoms with Gasteiger partial charge in [-0.25, -0.2) is 0 Å². The topological polar surface area (TPSA) is 85.1 Å². The van der Waals surface area contributed by atoms with E-state index in [9.17, 15) is 9.59 Å². The number of nitrogens with zero attached hydrogens (tertiary/aromatic N) is 2. The van der Waals surface area contributed by atoms with E-state index in [0.29, 0.717) is 31.0 Å². The van der Waals surface area contributed by atoms with E-state index in [1.165, 1.54) is 0 Å². The van der Waals surface area contributed by atoms with Gasteiger partial charge in [0.25, 0.3) is 0 Å². The van der Waals surface area contributed by atoms with E-state index in [0.717, 1.165) is 24.9 Å². The molecule has 0 aromatic heterocycles. The second-order valence-electron chi connectivity index (χ2n) is 7.73. The number of ether oxygens (including phenoxy) is 2. The number of methoxy groups -OCH3 is 2. The summed E-state index contributed by atoms with van der Waals surface area (Å²) >= 11 is 0. The standard InChI is InChI=1S/C20H29N3O4/c1-22-13-20(12-19(22)25)6-8-23(9-7-20)18(24)11-15(21)14-4-5-16(26-2)17(10-14)27-3/h4-5,10,15H,6-9,11-13,21H2,1-3H3/t15-/m0/s1. The van der Waals surface area contributed by atoms with Crippen molar-refractivity contribution in [3.05, 3.63) is 23.8 Å². The number of benzene rings is 1. The van der Waals surface area contributed by atoms with E-state index in [-0.39, 0.29) is 23.7 Å². The van der Waals surface area contributed by atoms with Crippen LogP contribution < -0.4 is 15.2 Å².